The van der Waals surface area contributed by atoms with Crippen LogP contribution in [0.25, 0.3) is 22.2 Å². The highest BCUT2D eigenvalue weighted by molar-refractivity contribution is 5.92. The van der Waals surface area contributed by atoms with Gasteiger partial charge in [0.25, 0.3) is 0 Å². The van der Waals surface area contributed by atoms with E-state index in [4.69, 9.17) is 0 Å². The van der Waals surface area contributed by atoms with Crippen molar-refractivity contribution < 1.29 is 5.11 Å². The number of hydrogen-bond acceptors (Lipinski definition) is 3. The number of rotatable bonds is 5. The lowest BCUT2D eigenvalue weighted by atomic mass is 9.87. The third kappa shape index (κ3) is 4.86. The van der Waals surface area contributed by atoms with Gasteiger partial charge < -0.3 is 15.0 Å². The van der Waals surface area contributed by atoms with E-state index in [9.17, 15) is 5.11 Å². The van der Waals surface area contributed by atoms with E-state index in [2.05, 4.69) is 72.9 Å². The summed E-state index contributed by atoms with van der Waals surface area (Å²) in [5.41, 5.74) is 8.02. The van der Waals surface area contributed by atoms with Crippen molar-refractivity contribution in [3.8, 4) is 11.3 Å². The van der Waals surface area contributed by atoms with Gasteiger partial charge in [0.1, 0.15) is 0 Å². The molecule has 1 aliphatic rings. The number of aliphatic hydroxyl groups is 1. The van der Waals surface area contributed by atoms with Crippen molar-refractivity contribution in [1.29, 1.82) is 0 Å². The van der Waals surface area contributed by atoms with Gasteiger partial charge in [-0.2, -0.15) is 0 Å². The standard InChI is InChI=1S/C27H37N3O/c1-17(2)25-23-15-21(20-9-11-30(12-10-20)16-27(5,6)31)7-8-24(23)29-26(25)22-13-18(3)28-19(4)14-22/h7-8,13-15,17,20,29,31H,9-12,16H2,1-6H3. The molecule has 4 nitrogen and oxygen atoms in total. The quantitative estimate of drug-likeness (QED) is 0.540. The van der Waals surface area contributed by atoms with Gasteiger partial charge in [0.2, 0.25) is 0 Å². The van der Waals surface area contributed by atoms with Crippen molar-refractivity contribution in [3.63, 3.8) is 0 Å². The summed E-state index contributed by atoms with van der Waals surface area (Å²) in [5, 5.41) is 11.5. The summed E-state index contributed by atoms with van der Waals surface area (Å²) in [5.74, 6) is 1.02. The van der Waals surface area contributed by atoms with Crippen LogP contribution < -0.4 is 0 Å². The highest BCUT2D eigenvalue weighted by Crippen LogP contribution is 2.38. The van der Waals surface area contributed by atoms with Gasteiger partial charge in [-0.05, 0) is 101 Å². The molecule has 2 aromatic heterocycles. The number of benzene rings is 1. The predicted molar refractivity (Wildman–Crippen MR) is 130 cm³/mol. The Morgan fingerprint density at radius 3 is 2.32 bits per heavy atom. The van der Waals surface area contributed by atoms with Crippen molar-refractivity contribution in [2.75, 3.05) is 19.6 Å². The zero-order chi connectivity index (χ0) is 22.3. The number of hydrogen-bond donors (Lipinski definition) is 2. The fraction of sp³-hybridized carbons (Fsp3) is 0.519. The summed E-state index contributed by atoms with van der Waals surface area (Å²) in [4.78, 5) is 10.7. The molecule has 0 atom stereocenters. The minimum Gasteiger partial charge on any atom is -0.389 e. The Labute approximate surface area is 186 Å². The van der Waals surface area contributed by atoms with Crippen LogP contribution in [0.2, 0.25) is 0 Å². The van der Waals surface area contributed by atoms with E-state index in [0.29, 0.717) is 11.8 Å². The first-order valence-electron chi connectivity index (χ1n) is 11.7. The van der Waals surface area contributed by atoms with Gasteiger partial charge in [-0.1, -0.05) is 19.9 Å². The molecule has 4 heteroatoms. The zero-order valence-corrected chi connectivity index (χ0v) is 19.9. The maximum atomic E-state index is 10.1. The Hall–Kier alpha value is -2.17. The van der Waals surface area contributed by atoms with E-state index in [-0.39, 0.29) is 0 Å². The Balaban J connectivity index is 1.66. The van der Waals surface area contributed by atoms with Crippen molar-refractivity contribution in [2.45, 2.75) is 71.8 Å². The molecule has 0 spiro atoms. The van der Waals surface area contributed by atoms with E-state index in [1.165, 1.54) is 33.3 Å². The number of nitrogens with zero attached hydrogens (tertiary/aromatic N) is 2. The van der Waals surface area contributed by atoms with Crippen LogP contribution in [0.3, 0.4) is 0 Å². The summed E-state index contributed by atoms with van der Waals surface area (Å²) >= 11 is 0. The van der Waals surface area contributed by atoms with Crippen LogP contribution in [0.1, 0.15) is 74.9 Å². The monoisotopic (exact) mass is 419 g/mol. The van der Waals surface area contributed by atoms with Crippen molar-refractivity contribution in [1.82, 2.24) is 14.9 Å². The highest BCUT2D eigenvalue weighted by atomic mass is 16.3. The van der Waals surface area contributed by atoms with E-state index in [1.54, 1.807) is 0 Å². The van der Waals surface area contributed by atoms with Crippen molar-refractivity contribution >= 4 is 10.9 Å². The molecule has 0 amide bonds. The summed E-state index contributed by atoms with van der Waals surface area (Å²) in [6, 6.07) is 11.4. The van der Waals surface area contributed by atoms with Gasteiger partial charge in [-0.15, -0.1) is 0 Å². The lowest BCUT2D eigenvalue weighted by Gasteiger charge is -2.35. The number of fused-ring (bicyclic) bond motifs is 1. The predicted octanol–water partition coefficient (Wildman–Crippen LogP) is 5.92. The molecular formula is C27H37N3O. The van der Waals surface area contributed by atoms with E-state index in [0.717, 1.165) is 43.9 Å². The maximum Gasteiger partial charge on any atom is 0.0718 e. The molecule has 0 radical (unpaired) electrons. The summed E-state index contributed by atoms with van der Waals surface area (Å²) < 4.78 is 0. The number of aromatic nitrogens is 2. The Morgan fingerprint density at radius 2 is 1.74 bits per heavy atom. The molecule has 166 valence electrons. The Morgan fingerprint density at radius 1 is 1.10 bits per heavy atom. The Bertz CT molecular complexity index is 1050. The SMILES string of the molecule is Cc1cc(-c2[nH]c3ccc(C4CCN(CC(C)(C)O)CC4)cc3c2C(C)C)cc(C)n1. The van der Waals surface area contributed by atoms with Gasteiger partial charge in [0.15, 0.2) is 0 Å². The fourth-order valence-electron chi connectivity index (χ4n) is 5.26. The van der Waals surface area contributed by atoms with Crippen LogP contribution >= 0.6 is 0 Å². The zero-order valence-electron chi connectivity index (χ0n) is 19.9. The van der Waals surface area contributed by atoms with Crippen LogP contribution in [0, 0.1) is 13.8 Å². The molecule has 0 saturated carbocycles. The molecule has 0 aliphatic carbocycles. The summed E-state index contributed by atoms with van der Waals surface area (Å²) in [6.07, 6.45) is 2.30. The number of pyridine rings is 1. The fourth-order valence-corrected chi connectivity index (χ4v) is 5.26. The van der Waals surface area contributed by atoms with Crippen LogP contribution in [-0.2, 0) is 0 Å². The molecule has 1 aliphatic heterocycles. The van der Waals surface area contributed by atoms with Crippen LogP contribution in [0.4, 0.5) is 0 Å². The molecule has 0 unspecified atom stereocenters. The van der Waals surface area contributed by atoms with Crippen LogP contribution in [0.5, 0.6) is 0 Å². The number of aryl methyl sites for hydroxylation is 2. The van der Waals surface area contributed by atoms with Crippen LogP contribution in [-0.4, -0.2) is 45.2 Å². The average Bonchev–Trinajstić information content (AvgIpc) is 3.05. The van der Waals surface area contributed by atoms with E-state index >= 15 is 0 Å². The normalized spacial score (nSPS) is 16.5. The second-order valence-corrected chi connectivity index (χ2v) is 10.4. The minimum atomic E-state index is -0.622. The van der Waals surface area contributed by atoms with Gasteiger partial charge in [0, 0.05) is 34.4 Å². The Kier molecular flexibility index (Phi) is 5.97. The highest BCUT2D eigenvalue weighted by Gasteiger charge is 2.25. The lowest BCUT2D eigenvalue weighted by Crippen LogP contribution is -2.42. The molecule has 3 heterocycles. The molecule has 1 saturated heterocycles. The molecule has 0 bridgehead atoms. The number of likely N-dealkylation sites (tertiary alicyclic amines) is 1. The summed E-state index contributed by atoms with van der Waals surface area (Å²) in [6.45, 7) is 15.4. The third-order valence-corrected chi connectivity index (χ3v) is 6.48. The molecule has 31 heavy (non-hydrogen) atoms. The number of nitrogens with one attached hydrogen (secondary N) is 1. The second kappa shape index (κ2) is 8.40. The number of aromatic amines is 1. The molecule has 3 aromatic rings. The molecule has 1 fully saturated rings. The van der Waals surface area contributed by atoms with Gasteiger partial charge >= 0.3 is 0 Å². The number of piperidine rings is 1. The van der Waals surface area contributed by atoms with E-state index < -0.39 is 5.60 Å². The van der Waals surface area contributed by atoms with Crippen molar-refractivity contribution in [2.24, 2.45) is 0 Å². The molecule has 4 rings (SSSR count). The lowest BCUT2D eigenvalue weighted by molar-refractivity contribution is 0.0282. The first-order valence-corrected chi connectivity index (χ1v) is 11.7. The topological polar surface area (TPSA) is 52.2 Å². The minimum absolute atomic E-state index is 0.432. The smallest absolute Gasteiger partial charge is 0.0718 e. The first kappa shape index (κ1) is 22.0. The average molecular weight is 420 g/mol. The first-order chi connectivity index (χ1) is 14.6. The largest absolute Gasteiger partial charge is 0.389 e. The summed E-state index contributed by atoms with van der Waals surface area (Å²) in [7, 11) is 0. The van der Waals surface area contributed by atoms with Crippen LogP contribution in [0.15, 0.2) is 30.3 Å². The molecule has 1 aromatic carbocycles. The number of β-amino-alcohol motifs (C(OH)–C–C–N with tert-alkyl or cyclic N) is 1. The van der Waals surface area contributed by atoms with Gasteiger partial charge in [0.05, 0.1) is 11.3 Å². The maximum absolute atomic E-state index is 10.1. The molecular weight excluding hydrogens is 382 g/mol. The van der Waals surface area contributed by atoms with Crippen molar-refractivity contribution in [3.05, 3.63) is 52.8 Å². The molecule has 2 N–H and O–H groups in total. The van der Waals surface area contributed by atoms with Gasteiger partial charge in [-0.25, -0.2) is 0 Å². The van der Waals surface area contributed by atoms with Gasteiger partial charge in [-0.3, -0.25) is 4.98 Å². The number of H-pyrrole nitrogens is 1. The third-order valence-electron chi connectivity index (χ3n) is 6.48. The second-order valence-electron chi connectivity index (χ2n) is 10.4. The van der Waals surface area contributed by atoms with E-state index in [1.807, 2.05) is 13.8 Å².